The Morgan fingerprint density at radius 1 is 1.33 bits per heavy atom. The van der Waals surface area contributed by atoms with Crippen LogP contribution in [0.3, 0.4) is 0 Å². The number of hydrogen-bond acceptors (Lipinski definition) is 1. The van der Waals surface area contributed by atoms with Gasteiger partial charge in [-0.1, -0.05) is 20.8 Å². The zero-order valence-electron chi connectivity index (χ0n) is 8.38. The zero-order chi connectivity index (χ0) is 8.93. The molecule has 3 aliphatic carbocycles. The molecule has 0 unspecified atom stereocenters. The molecule has 0 saturated heterocycles. The molecule has 0 heterocycles. The summed E-state index contributed by atoms with van der Waals surface area (Å²) in [6, 6.07) is 0.557. The lowest BCUT2D eigenvalue weighted by molar-refractivity contribution is -0.108. The van der Waals surface area contributed by atoms with E-state index in [0.717, 1.165) is 17.8 Å². The van der Waals surface area contributed by atoms with Gasteiger partial charge in [0, 0.05) is 0 Å². The molecule has 3 aliphatic rings. The van der Waals surface area contributed by atoms with Crippen LogP contribution in [-0.4, -0.2) is 12.8 Å². The van der Waals surface area contributed by atoms with E-state index in [1.807, 2.05) is 0 Å². The Bertz CT molecular complexity index is 207. The van der Waals surface area contributed by atoms with Gasteiger partial charge in [0.1, 0.15) is 0 Å². The van der Waals surface area contributed by atoms with Crippen molar-refractivity contribution in [2.45, 2.75) is 39.7 Å². The van der Waals surface area contributed by atoms with E-state index in [0.29, 0.717) is 11.5 Å². The number of aliphatic imine (C=N–C) groups is 1. The molecule has 12 heavy (non-hydrogen) atoms. The Labute approximate surface area is 75.3 Å². The summed E-state index contributed by atoms with van der Waals surface area (Å²) in [5.74, 6) is 2.60. The van der Waals surface area contributed by atoms with Gasteiger partial charge in [0.05, 0.1) is 6.04 Å². The lowest BCUT2D eigenvalue weighted by Gasteiger charge is -2.61. The molecule has 3 saturated carbocycles. The number of hydrogen-bond donors (Lipinski definition) is 0. The highest BCUT2D eigenvalue weighted by Crippen LogP contribution is 2.61. The highest BCUT2D eigenvalue weighted by molar-refractivity contribution is 5.25. The Balaban J connectivity index is 2.16. The van der Waals surface area contributed by atoms with Crippen LogP contribution in [0.5, 0.6) is 0 Å². The summed E-state index contributed by atoms with van der Waals surface area (Å²) >= 11 is 0. The van der Waals surface area contributed by atoms with Crippen molar-refractivity contribution in [2.75, 3.05) is 0 Å². The van der Waals surface area contributed by atoms with Crippen molar-refractivity contribution in [1.29, 1.82) is 0 Å². The minimum absolute atomic E-state index is 0.557. The molecule has 4 atom stereocenters. The van der Waals surface area contributed by atoms with Crippen molar-refractivity contribution in [3.8, 4) is 0 Å². The van der Waals surface area contributed by atoms with Crippen LogP contribution in [0.1, 0.15) is 33.6 Å². The second-order valence-electron chi connectivity index (χ2n) is 5.21. The second-order valence-corrected chi connectivity index (χ2v) is 5.21. The van der Waals surface area contributed by atoms with E-state index in [2.05, 4.69) is 32.5 Å². The zero-order valence-corrected chi connectivity index (χ0v) is 8.38. The molecule has 0 amide bonds. The average molecular weight is 165 g/mol. The van der Waals surface area contributed by atoms with Crippen LogP contribution in [-0.2, 0) is 0 Å². The third-order valence-corrected chi connectivity index (χ3v) is 4.55. The number of nitrogens with zero attached hydrogens (tertiary/aromatic N) is 1. The van der Waals surface area contributed by atoms with Crippen LogP contribution in [0.25, 0.3) is 0 Å². The predicted molar refractivity (Wildman–Crippen MR) is 52.5 cm³/mol. The molecule has 1 nitrogen and oxygen atoms in total. The van der Waals surface area contributed by atoms with Gasteiger partial charge in [-0.25, -0.2) is 0 Å². The maximum absolute atomic E-state index is 4.22. The van der Waals surface area contributed by atoms with Crippen LogP contribution in [0, 0.1) is 23.2 Å². The molecule has 3 fully saturated rings. The van der Waals surface area contributed by atoms with Gasteiger partial charge in [-0.3, -0.25) is 4.99 Å². The van der Waals surface area contributed by atoms with Gasteiger partial charge in [0.15, 0.2) is 0 Å². The summed E-state index contributed by atoms with van der Waals surface area (Å²) < 4.78 is 0. The maximum Gasteiger partial charge on any atom is 0.0523 e. The molecule has 3 rings (SSSR count). The summed E-state index contributed by atoms with van der Waals surface area (Å²) in [6.07, 6.45) is 2.73. The van der Waals surface area contributed by atoms with Crippen LogP contribution in [0.15, 0.2) is 4.99 Å². The molecule has 0 N–H and O–H groups in total. The van der Waals surface area contributed by atoms with E-state index < -0.39 is 0 Å². The van der Waals surface area contributed by atoms with E-state index in [-0.39, 0.29) is 0 Å². The molecule has 0 aromatic rings. The lowest BCUT2D eigenvalue weighted by Crippen LogP contribution is -2.56. The summed E-state index contributed by atoms with van der Waals surface area (Å²) in [5.41, 5.74) is 0.598. The fourth-order valence-corrected chi connectivity index (χ4v) is 3.36. The maximum atomic E-state index is 4.22. The summed E-state index contributed by atoms with van der Waals surface area (Å²) in [6.45, 7) is 10.9. The topological polar surface area (TPSA) is 12.4 Å². The molecule has 68 valence electrons. The summed E-state index contributed by atoms with van der Waals surface area (Å²) in [5, 5.41) is 0. The first kappa shape index (κ1) is 8.28. The molecular formula is C11H19N. The van der Waals surface area contributed by atoms with E-state index >= 15 is 0 Å². The van der Waals surface area contributed by atoms with Gasteiger partial charge in [-0.2, -0.15) is 0 Å². The highest BCUT2D eigenvalue weighted by atomic mass is 14.8. The molecule has 0 aliphatic heterocycles. The van der Waals surface area contributed by atoms with E-state index in [4.69, 9.17) is 0 Å². The third kappa shape index (κ3) is 0.826. The standard InChI is InChI=1S/C11H19N/c1-7-9-5-8(11(9,2)3)6-10(7)12-4/h7-10H,4-6H2,1-3H3/t7-,8-,9+,10-/m0/s1. The first-order valence-corrected chi connectivity index (χ1v) is 5.03. The Morgan fingerprint density at radius 2 is 2.00 bits per heavy atom. The van der Waals surface area contributed by atoms with Gasteiger partial charge in [-0.05, 0) is 42.7 Å². The van der Waals surface area contributed by atoms with Crippen LogP contribution in [0.4, 0.5) is 0 Å². The van der Waals surface area contributed by atoms with E-state index in [1.165, 1.54) is 12.8 Å². The molecular weight excluding hydrogens is 146 g/mol. The van der Waals surface area contributed by atoms with Gasteiger partial charge in [0.2, 0.25) is 0 Å². The Kier molecular flexibility index (Phi) is 1.61. The molecule has 0 aromatic heterocycles. The monoisotopic (exact) mass is 165 g/mol. The Hall–Kier alpha value is -0.330. The fourth-order valence-electron chi connectivity index (χ4n) is 3.36. The largest absolute Gasteiger partial charge is 0.297 e. The van der Waals surface area contributed by atoms with E-state index in [9.17, 15) is 0 Å². The van der Waals surface area contributed by atoms with Crippen molar-refractivity contribution >= 4 is 6.72 Å². The first-order chi connectivity index (χ1) is 5.57. The number of fused-ring (bicyclic) bond motifs is 2. The van der Waals surface area contributed by atoms with Crippen LogP contribution < -0.4 is 0 Å². The van der Waals surface area contributed by atoms with Crippen molar-refractivity contribution in [3.63, 3.8) is 0 Å². The van der Waals surface area contributed by atoms with Crippen LogP contribution >= 0.6 is 0 Å². The summed E-state index contributed by atoms with van der Waals surface area (Å²) in [4.78, 5) is 4.22. The average Bonchev–Trinajstić information content (AvgIpc) is 2.03. The molecule has 0 spiro atoms. The van der Waals surface area contributed by atoms with Crippen LogP contribution in [0.2, 0.25) is 0 Å². The molecule has 2 bridgehead atoms. The predicted octanol–water partition coefficient (Wildman–Crippen LogP) is 2.76. The smallest absolute Gasteiger partial charge is 0.0523 e. The van der Waals surface area contributed by atoms with Crippen molar-refractivity contribution in [2.24, 2.45) is 28.2 Å². The third-order valence-electron chi connectivity index (χ3n) is 4.55. The quantitative estimate of drug-likeness (QED) is 0.530. The minimum atomic E-state index is 0.557. The highest BCUT2D eigenvalue weighted by Gasteiger charge is 2.55. The SMILES string of the molecule is C=N[C@H]1C[C@@H]2C[C@H]([C@@H]1C)C2(C)C. The van der Waals surface area contributed by atoms with Gasteiger partial charge < -0.3 is 0 Å². The van der Waals surface area contributed by atoms with Gasteiger partial charge in [0.25, 0.3) is 0 Å². The molecule has 0 aromatic carbocycles. The van der Waals surface area contributed by atoms with Gasteiger partial charge in [-0.15, -0.1) is 0 Å². The van der Waals surface area contributed by atoms with Gasteiger partial charge >= 0.3 is 0 Å². The minimum Gasteiger partial charge on any atom is -0.297 e. The molecule has 1 heteroatoms. The Morgan fingerprint density at radius 3 is 2.42 bits per heavy atom. The van der Waals surface area contributed by atoms with Crippen molar-refractivity contribution in [1.82, 2.24) is 0 Å². The first-order valence-electron chi connectivity index (χ1n) is 5.03. The van der Waals surface area contributed by atoms with Crippen molar-refractivity contribution < 1.29 is 0 Å². The van der Waals surface area contributed by atoms with E-state index in [1.54, 1.807) is 0 Å². The second kappa shape index (κ2) is 2.34. The fraction of sp³-hybridized carbons (Fsp3) is 0.909. The summed E-state index contributed by atoms with van der Waals surface area (Å²) in [7, 11) is 0. The normalized spacial score (nSPS) is 49.6. The van der Waals surface area contributed by atoms with Crippen molar-refractivity contribution in [3.05, 3.63) is 0 Å². The molecule has 0 radical (unpaired) electrons. The lowest BCUT2D eigenvalue weighted by atomic mass is 9.45. The number of rotatable bonds is 1.